The first-order chi connectivity index (χ1) is 5.71. The van der Waals surface area contributed by atoms with Gasteiger partial charge < -0.3 is 0 Å². The Morgan fingerprint density at radius 1 is 1.46 bits per heavy atom. The Kier molecular flexibility index (Phi) is 2.56. The molecule has 0 saturated carbocycles. The van der Waals surface area contributed by atoms with Gasteiger partial charge in [-0.15, -0.1) is 11.3 Å². The van der Waals surface area contributed by atoms with Gasteiger partial charge in [0, 0.05) is 16.1 Å². The minimum absolute atomic E-state index is 0.332. The second-order valence-electron chi connectivity index (χ2n) is 1.93. The predicted octanol–water partition coefficient (Wildman–Crippen LogP) is 2.09. The molecule has 1 aromatic rings. The molecular weight excluding hydrogens is 251 g/mol. The minimum atomic E-state index is -4.64. The Hall–Kier alpha value is -0.340. The number of nitrogens with zero attached hydrogens (tertiary/aromatic N) is 1. The van der Waals surface area contributed by atoms with Crippen molar-refractivity contribution in [3.05, 3.63) is 11.1 Å². The minimum Gasteiger partial charge on any atom is -0.220 e. The van der Waals surface area contributed by atoms with Crippen molar-refractivity contribution in [1.29, 1.82) is 0 Å². The molecule has 0 bridgehead atoms. The van der Waals surface area contributed by atoms with Gasteiger partial charge in [0.15, 0.2) is 5.69 Å². The smallest absolute Gasteiger partial charge is 0.220 e. The molecular formula is C4HClF3NO2S2. The van der Waals surface area contributed by atoms with Crippen molar-refractivity contribution in [2.75, 3.05) is 0 Å². The standard InChI is InChI=1S/C4HClF3NO2S2/c5-13(10,11)3-9-2(1-12-3)4(6,7)8/h1H. The van der Waals surface area contributed by atoms with Crippen LogP contribution in [0.2, 0.25) is 0 Å². The molecule has 0 aliphatic carbocycles. The maximum absolute atomic E-state index is 11.9. The molecule has 74 valence electrons. The maximum Gasteiger partial charge on any atom is 0.434 e. The van der Waals surface area contributed by atoms with E-state index in [4.69, 9.17) is 10.7 Å². The summed E-state index contributed by atoms with van der Waals surface area (Å²) in [6.07, 6.45) is -4.64. The first-order valence-electron chi connectivity index (χ1n) is 2.68. The van der Waals surface area contributed by atoms with Crippen LogP contribution in [-0.2, 0) is 15.2 Å². The predicted molar refractivity (Wildman–Crippen MR) is 40.2 cm³/mol. The fourth-order valence-electron chi connectivity index (χ4n) is 0.499. The number of rotatable bonds is 1. The number of halogens is 4. The molecule has 0 spiro atoms. The van der Waals surface area contributed by atoms with Crippen molar-refractivity contribution in [1.82, 2.24) is 4.98 Å². The first-order valence-corrected chi connectivity index (χ1v) is 5.87. The lowest BCUT2D eigenvalue weighted by Gasteiger charge is -1.98. The van der Waals surface area contributed by atoms with Crippen molar-refractivity contribution in [3.63, 3.8) is 0 Å². The summed E-state index contributed by atoms with van der Waals surface area (Å²) >= 11 is 0.332. The Labute approximate surface area is 79.6 Å². The lowest BCUT2D eigenvalue weighted by molar-refractivity contribution is -0.141. The van der Waals surface area contributed by atoms with Gasteiger partial charge in [-0.25, -0.2) is 13.4 Å². The average Bonchev–Trinajstić information content (AvgIpc) is 2.28. The molecule has 1 rings (SSSR count). The molecule has 0 aromatic carbocycles. The van der Waals surface area contributed by atoms with E-state index >= 15 is 0 Å². The lowest BCUT2D eigenvalue weighted by Crippen LogP contribution is -2.05. The molecule has 0 amide bonds. The molecule has 0 atom stereocenters. The Bertz CT molecular complexity index is 409. The second kappa shape index (κ2) is 3.10. The monoisotopic (exact) mass is 251 g/mol. The summed E-state index contributed by atoms with van der Waals surface area (Å²) in [7, 11) is 0.612. The van der Waals surface area contributed by atoms with Crippen LogP contribution in [0.3, 0.4) is 0 Å². The van der Waals surface area contributed by atoms with Gasteiger partial charge in [0.2, 0.25) is 4.34 Å². The van der Waals surface area contributed by atoms with Crippen LogP contribution in [0, 0.1) is 0 Å². The van der Waals surface area contributed by atoms with Crippen molar-refractivity contribution >= 4 is 31.1 Å². The first kappa shape index (κ1) is 10.7. The zero-order chi connectivity index (χ0) is 10.3. The third-order valence-electron chi connectivity index (χ3n) is 0.982. The summed E-state index contributed by atoms with van der Waals surface area (Å²) in [6, 6.07) is 0. The van der Waals surface area contributed by atoms with Crippen LogP contribution in [0.5, 0.6) is 0 Å². The van der Waals surface area contributed by atoms with Gasteiger partial charge in [0.05, 0.1) is 0 Å². The van der Waals surface area contributed by atoms with Gasteiger partial charge >= 0.3 is 6.18 Å². The van der Waals surface area contributed by atoms with E-state index in [1.165, 1.54) is 0 Å². The molecule has 1 heterocycles. The van der Waals surface area contributed by atoms with Crippen LogP contribution < -0.4 is 0 Å². The molecule has 3 nitrogen and oxygen atoms in total. The molecule has 9 heteroatoms. The van der Waals surface area contributed by atoms with Crippen molar-refractivity contribution in [2.45, 2.75) is 10.5 Å². The van der Waals surface area contributed by atoms with Crippen LogP contribution in [-0.4, -0.2) is 13.4 Å². The fraction of sp³-hybridized carbons (Fsp3) is 0.250. The second-order valence-corrected chi connectivity index (χ2v) is 5.53. The van der Waals surface area contributed by atoms with E-state index < -0.39 is 25.3 Å². The quantitative estimate of drug-likeness (QED) is 0.718. The van der Waals surface area contributed by atoms with Crippen LogP contribution in [0.4, 0.5) is 13.2 Å². The summed E-state index contributed by atoms with van der Waals surface area (Å²) in [5.41, 5.74) is -1.25. The third-order valence-corrected chi connectivity index (χ3v) is 3.78. The van der Waals surface area contributed by atoms with Gasteiger partial charge in [-0.2, -0.15) is 13.2 Å². The molecule has 1 aromatic heterocycles. The fourth-order valence-corrected chi connectivity index (χ4v) is 2.29. The molecule has 0 saturated heterocycles. The maximum atomic E-state index is 11.9. The van der Waals surface area contributed by atoms with Crippen LogP contribution in [0.15, 0.2) is 9.72 Å². The van der Waals surface area contributed by atoms with Gasteiger partial charge in [0.25, 0.3) is 9.05 Å². The molecule has 13 heavy (non-hydrogen) atoms. The van der Waals surface area contributed by atoms with Gasteiger partial charge in [0.1, 0.15) is 0 Å². The van der Waals surface area contributed by atoms with E-state index in [1.807, 2.05) is 0 Å². The Balaban J connectivity index is 3.16. The molecule has 0 unspecified atom stereocenters. The van der Waals surface area contributed by atoms with Crippen molar-refractivity contribution in [2.24, 2.45) is 0 Å². The summed E-state index contributed by atoms with van der Waals surface area (Å²) in [6.45, 7) is 0. The van der Waals surface area contributed by atoms with E-state index in [0.29, 0.717) is 16.7 Å². The van der Waals surface area contributed by atoms with Crippen molar-refractivity contribution in [3.8, 4) is 0 Å². The van der Waals surface area contributed by atoms with Gasteiger partial charge in [-0.1, -0.05) is 0 Å². The average molecular weight is 252 g/mol. The summed E-state index contributed by atoms with van der Waals surface area (Å²) in [5.74, 6) is 0. The van der Waals surface area contributed by atoms with E-state index in [9.17, 15) is 21.6 Å². The lowest BCUT2D eigenvalue weighted by atomic mass is 10.5. The van der Waals surface area contributed by atoms with Crippen LogP contribution >= 0.6 is 22.0 Å². The third kappa shape index (κ3) is 2.55. The number of aromatic nitrogens is 1. The largest absolute Gasteiger partial charge is 0.434 e. The van der Waals surface area contributed by atoms with Gasteiger partial charge in [-0.3, -0.25) is 0 Å². The molecule has 0 radical (unpaired) electrons. The highest BCUT2D eigenvalue weighted by atomic mass is 35.7. The number of hydrogen-bond donors (Lipinski definition) is 0. The molecule has 0 aliphatic heterocycles. The summed E-state index contributed by atoms with van der Waals surface area (Å²) < 4.78 is 56.0. The van der Waals surface area contributed by atoms with E-state index in [1.54, 1.807) is 0 Å². The van der Waals surface area contributed by atoms with Gasteiger partial charge in [-0.05, 0) is 0 Å². The number of hydrogen-bond acceptors (Lipinski definition) is 4. The van der Waals surface area contributed by atoms with E-state index in [0.717, 1.165) is 0 Å². The highest BCUT2D eigenvalue weighted by molar-refractivity contribution is 8.14. The zero-order valence-corrected chi connectivity index (χ0v) is 8.06. The highest BCUT2D eigenvalue weighted by Crippen LogP contribution is 2.31. The Morgan fingerprint density at radius 2 is 2.00 bits per heavy atom. The van der Waals surface area contributed by atoms with Crippen molar-refractivity contribution < 1.29 is 21.6 Å². The van der Waals surface area contributed by atoms with Crippen LogP contribution in [0.25, 0.3) is 0 Å². The number of thiazole rings is 1. The SMILES string of the molecule is O=S(=O)(Cl)c1nc(C(F)(F)F)cs1. The summed E-state index contributed by atoms with van der Waals surface area (Å²) in [5, 5.41) is 0.593. The molecule has 0 N–H and O–H groups in total. The number of alkyl halides is 3. The highest BCUT2D eigenvalue weighted by Gasteiger charge is 2.35. The molecule has 0 fully saturated rings. The topological polar surface area (TPSA) is 47.0 Å². The Morgan fingerprint density at radius 3 is 2.23 bits per heavy atom. The van der Waals surface area contributed by atoms with E-state index in [2.05, 4.69) is 4.98 Å². The van der Waals surface area contributed by atoms with E-state index in [-0.39, 0.29) is 0 Å². The normalized spacial score (nSPS) is 13.2. The van der Waals surface area contributed by atoms with Crippen LogP contribution in [0.1, 0.15) is 5.69 Å². The summed E-state index contributed by atoms with van der Waals surface area (Å²) in [4.78, 5) is 2.83. The molecule has 0 aliphatic rings. The zero-order valence-electron chi connectivity index (χ0n) is 5.67.